The number of nitrogens with one attached hydrogen (secondary N) is 1. The molecule has 0 aliphatic carbocycles. The Bertz CT molecular complexity index is 1430. The van der Waals surface area contributed by atoms with Crippen LogP contribution in [0.3, 0.4) is 0 Å². The number of cyclic esters (lactones) is 1. The summed E-state index contributed by atoms with van der Waals surface area (Å²) < 4.78 is 34.7. The van der Waals surface area contributed by atoms with Crippen molar-refractivity contribution in [3.05, 3.63) is 70.9 Å². The molecule has 2 amide bonds. The number of carbonyl (C=O) groups is 2. The first-order chi connectivity index (χ1) is 20.1. The molecule has 2 aromatic carbocycles. The number of aromatic nitrogens is 2. The van der Waals surface area contributed by atoms with E-state index in [4.69, 9.17) is 25.8 Å². The van der Waals surface area contributed by atoms with E-state index in [9.17, 15) is 9.59 Å². The molecular formula is C30H36ClFN4O5Si. The first-order valence-electron chi connectivity index (χ1n) is 14.1. The van der Waals surface area contributed by atoms with Crippen LogP contribution < -0.4 is 10.1 Å². The average molecular weight is 615 g/mol. The number of carbonyl (C=O) groups excluding carboxylic acids is 2. The molecule has 0 unspecified atom stereocenters. The summed E-state index contributed by atoms with van der Waals surface area (Å²) in [7, 11) is -1.21. The van der Waals surface area contributed by atoms with E-state index in [1.54, 1.807) is 46.3 Å². The van der Waals surface area contributed by atoms with Crippen LogP contribution in [-0.4, -0.2) is 66.4 Å². The minimum absolute atomic E-state index is 0.0743. The Labute approximate surface area is 250 Å². The number of hydrogen-bond donors (Lipinski definition) is 1. The molecule has 1 N–H and O–H groups in total. The van der Waals surface area contributed by atoms with Crippen LogP contribution in [0.5, 0.6) is 5.75 Å². The molecule has 9 nitrogen and oxygen atoms in total. The average Bonchev–Trinajstić information content (AvgIpc) is 3.57. The second kappa shape index (κ2) is 12.8. The lowest BCUT2D eigenvalue weighted by Crippen LogP contribution is -2.44. The molecule has 12 heteroatoms. The third-order valence-corrected chi connectivity index (χ3v) is 9.38. The molecule has 3 heterocycles. The summed E-state index contributed by atoms with van der Waals surface area (Å²) in [4.78, 5) is 31.2. The van der Waals surface area contributed by atoms with Crippen LogP contribution in [0.4, 0.5) is 9.18 Å². The zero-order valence-corrected chi connectivity index (χ0v) is 25.8. The lowest BCUT2D eigenvalue weighted by atomic mass is 10.0. The molecule has 0 spiro atoms. The van der Waals surface area contributed by atoms with E-state index < -0.39 is 19.8 Å². The van der Waals surface area contributed by atoms with Crippen LogP contribution in [0.1, 0.15) is 28.8 Å². The molecular weight excluding hydrogens is 579 g/mol. The summed E-state index contributed by atoms with van der Waals surface area (Å²) in [6.45, 7) is 8.91. The van der Waals surface area contributed by atoms with Gasteiger partial charge in [0, 0.05) is 57.4 Å². The number of ether oxygens (including phenoxy) is 3. The van der Waals surface area contributed by atoms with Gasteiger partial charge in [-0.05, 0) is 35.9 Å². The zero-order chi connectivity index (χ0) is 29.9. The monoisotopic (exact) mass is 614 g/mol. The fourth-order valence-corrected chi connectivity index (χ4v) is 5.86. The molecule has 0 bridgehead atoms. The van der Waals surface area contributed by atoms with Gasteiger partial charge in [-0.2, -0.15) is 0 Å². The van der Waals surface area contributed by atoms with Crippen LogP contribution in [0, 0.1) is 5.82 Å². The van der Waals surface area contributed by atoms with Gasteiger partial charge >= 0.3 is 6.09 Å². The predicted octanol–water partition coefficient (Wildman–Crippen LogP) is 5.95. The van der Waals surface area contributed by atoms with Gasteiger partial charge in [-0.3, -0.25) is 4.79 Å². The van der Waals surface area contributed by atoms with Crippen molar-refractivity contribution in [3.63, 3.8) is 0 Å². The van der Waals surface area contributed by atoms with Crippen LogP contribution >= 0.6 is 11.6 Å². The Hall–Kier alpha value is -3.41. The number of hydrogen-bond acceptors (Lipinski definition) is 6. The van der Waals surface area contributed by atoms with Crippen molar-refractivity contribution < 1.29 is 28.2 Å². The Morgan fingerprint density at radius 1 is 1.24 bits per heavy atom. The van der Waals surface area contributed by atoms with Crippen molar-refractivity contribution >= 4 is 31.7 Å². The second-order valence-electron chi connectivity index (χ2n) is 11.9. The highest BCUT2D eigenvalue weighted by Crippen LogP contribution is 2.35. The number of piperidine rings is 1. The van der Waals surface area contributed by atoms with Crippen LogP contribution in [0.15, 0.2) is 48.9 Å². The molecule has 2 saturated heterocycles. The van der Waals surface area contributed by atoms with E-state index in [0.29, 0.717) is 61.4 Å². The van der Waals surface area contributed by atoms with E-state index in [0.717, 1.165) is 11.6 Å². The molecule has 1 aromatic heterocycles. The molecule has 2 aliphatic heterocycles. The van der Waals surface area contributed by atoms with Crippen molar-refractivity contribution in [1.29, 1.82) is 0 Å². The van der Waals surface area contributed by atoms with E-state index in [1.165, 1.54) is 12.1 Å². The summed E-state index contributed by atoms with van der Waals surface area (Å²) in [6.07, 6.45) is 4.01. The highest BCUT2D eigenvalue weighted by Gasteiger charge is 2.39. The molecule has 2 fully saturated rings. The number of imidazole rings is 1. The Kier molecular flexibility index (Phi) is 9.19. The smallest absolute Gasteiger partial charge is 0.410 e. The quantitative estimate of drug-likeness (QED) is 0.212. The van der Waals surface area contributed by atoms with Crippen LogP contribution in [0.2, 0.25) is 30.7 Å². The third kappa shape index (κ3) is 7.50. The van der Waals surface area contributed by atoms with Gasteiger partial charge in [-0.25, -0.2) is 14.2 Å². The predicted molar refractivity (Wildman–Crippen MR) is 160 cm³/mol. The largest absolute Gasteiger partial charge is 0.490 e. The van der Waals surface area contributed by atoms with Gasteiger partial charge in [0.05, 0.1) is 23.6 Å². The summed E-state index contributed by atoms with van der Waals surface area (Å²) in [5.74, 6) is -0.900. The summed E-state index contributed by atoms with van der Waals surface area (Å²) >= 11 is 5.95. The standard InChI is InChI=1S/C30H36ClFN4O5Si/c1-42(2,3)11-10-39-19-35-16-27(34-18-35)25-13-26(32)24(29(37)33-15-20-4-6-21(31)7-5-20)14-28(25)41-23-8-9-36-22(12-23)17-40-30(36)38/h4-7,13-14,16,18,22-23H,8-12,15,17,19H2,1-3H3,(H,33,37)/t22-,23-/m0/s1. The highest BCUT2D eigenvalue weighted by atomic mass is 35.5. The fourth-order valence-electron chi connectivity index (χ4n) is 4.97. The normalized spacial score (nSPS) is 18.5. The molecule has 224 valence electrons. The lowest BCUT2D eigenvalue weighted by Gasteiger charge is -2.33. The van der Waals surface area contributed by atoms with Gasteiger partial charge in [0.2, 0.25) is 0 Å². The number of benzene rings is 2. The number of rotatable bonds is 11. The molecule has 0 saturated carbocycles. The first-order valence-corrected chi connectivity index (χ1v) is 18.2. The molecule has 2 atom stereocenters. The Balaban J connectivity index is 1.35. The highest BCUT2D eigenvalue weighted by molar-refractivity contribution is 6.76. The second-order valence-corrected chi connectivity index (χ2v) is 18.0. The van der Waals surface area contributed by atoms with E-state index in [2.05, 4.69) is 29.9 Å². The fraction of sp³-hybridized carbons (Fsp3) is 0.433. The molecule has 2 aliphatic rings. The number of nitrogens with zero attached hydrogens (tertiary/aromatic N) is 3. The van der Waals surface area contributed by atoms with Gasteiger partial charge in [0.15, 0.2) is 0 Å². The first kappa shape index (κ1) is 30.1. The minimum Gasteiger partial charge on any atom is -0.490 e. The van der Waals surface area contributed by atoms with Gasteiger partial charge in [-0.15, -0.1) is 0 Å². The summed E-state index contributed by atoms with van der Waals surface area (Å²) in [6, 6.07) is 10.8. The number of halogens is 2. The third-order valence-electron chi connectivity index (χ3n) is 7.42. The van der Waals surface area contributed by atoms with Gasteiger partial charge in [0.1, 0.15) is 31.0 Å². The number of fused-ring (bicyclic) bond motifs is 1. The van der Waals surface area contributed by atoms with Crippen LogP contribution in [-0.2, 0) is 22.7 Å². The van der Waals surface area contributed by atoms with Crippen molar-refractivity contribution in [2.24, 2.45) is 0 Å². The summed E-state index contributed by atoms with van der Waals surface area (Å²) in [5, 5.41) is 3.36. The zero-order valence-electron chi connectivity index (χ0n) is 24.1. The number of amides is 2. The maximum absolute atomic E-state index is 15.5. The molecule has 3 aromatic rings. The van der Waals surface area contributed by atoms with Crippen molar-refractivity contribution in [1.82, 2.24) is 19.8 Å². The maximum atomic E-state index is 15.5. The van der Waals surface area contributed by atoms with Gasteiger partial charge in [-0.1, -0.05) is 43.4 Å². The van der Waals surface area contributed by atoms with E-state index >= 15 is 4.39 Å². The van der Waals surface area contributed by atoms with Gasteiger partial charge < -0.3 is 29.0 Å². The lowest BCUT2D eigenvalue weighted by molar-refractivity contribution is 0.0871. The Morgan fingerprint density at radius 2 is 2.02 bits per heavy atom. The maximum Gasteiger partial charge on any atom is 0.410 e. The molecule has 42 heavy (non-hydrogen) atoms. The molecule has 5 rings (SSSR count). The van der Waals surface area contributed by atoms with E-state index in [1.807, 2.05) is 0 Å². The van der Waals surface area contributed by atoms with Crippen molar-refractivity contribution in [2.75, 3.05) is 19.8 Å². The Morgan fingerprint density at radius 3 is 2.79 bits per heavy atom. The van der Waals surface area contributed by atoms with Crippen LogP contribution in [0.25, 0.3) is 11.3 Å². The SMILES string of the molecule is C[Si](C)(C)CCOCn1cnc(-c2cc(F)c(C(=O)NCc3ccc(Cl)cc3)cc2O[C@H]2CCN3C(=O)OC[C@@H]3C2)c1. The van der Waals surface area contributed by atoms with Crippen molar-refractivity contribution in [3.8, 4) is 17.0 Å². The minimum atomic E-state index is -1.21. The summed E-state index contributed by atoms with van der Waals surface area (Å²) in [5.41, 5.74) is 1.64. The topological polar surface area (TPSA) is 94.9 Å². The molecule has 0 radical (unpaired) electrons. The van der Waals surface area contributed by atoms with E-state index in [-0.39, 0.29) is 30.3 Å². The van der Waals surface area contributed by atoms with Crippen molar-refractivity contribution in [2.45, 2.75) is 63.9 Å². The van der Waals surface area contributed by atoms with Gasteiger partial charge in [0.25, 0.3) is 5.91 Å².